The van der Waals surface area contributed by atoms with Crippen LogP contribution in [0, 0.1) is 0 Å². The van der Waals surface area contributed by atoms with Crippen LogP contribution in [0.1, 0.15) is 26.3 Å². The summed E-state index contributed by atoms with van der Waals surface area (Å²) < 4.78 is 5.34. The Morgan fingerprint density at radius 2 is 1.62 bits per heavy atom. The molecular weight excluding hydrogens is 260 g/mol. The van der Waals surface area contributed by atoms with Crippen molar-refractivity contribution in [2.45, 2.75) is 26.2 Å². The van der Waals surface area contributed by atoms with Crippen LogP contribution in [0.2, 0.25) is 0 Å². The van der Waals surface area contributed by atoms with Gasteiger partial charge in [-0.1, -0.05) is 57.2 Å². The number of benzene rings is 2. The topological polar surface area (TPSA) is 30.2 Å². The fraction of sp³-hybridized carbons (Fsp3) is 0.211. The van der Waals surface area contributed by atoms with Crippen molar-refractivity contribution in [3.63, 3.8) is 0 Å². The molecule has 0 fully saturated rings. The van der Waals surface area contributed by atoms with Crippen LogP contribution in [-0.4, -0.2) is 0 Å². The van der Waals surface area contributed by atoms with E-state index in [0.717, 1.165) is 16.5 Å². The summed E-state index contributed by atoms with van der Waals surface area (Å²) in [6.07, 6.45) is 0. The van der Waals surface area contributed by atoms with Crippen LogP contribution in [0.4, 0.5) is 0 Å². The van der Waals surface area contributed by atoms with Crippen LogP contribution in [0.5, 0.6) is 0 Å². The Morgan fingerprint density at radius 3 is 2.29 bits per heavy atom. The molecule has 0 radical (unpaired) electrons. The van der Waals surface area contributed by atoms with Gasteiger partial charge < -0.3 is 4.42 Å². The van der Waals surface area contributed by atoms with E-state index in [1.54, 1.807) is 6.07 Å². The van der Waals surface area contributed by atoms with E-state index in [9.17, 15) is 4.79 Å². The normalized spacial score (nSPS) is 11.8. The molecule has 1 heterocycles. The first kappa shape index (κ1) is 13.6. The lowest BCUT2D eigenvalue weighted by Crippen LogP contribution is -2.11. The Balaban J connectivity index is 2.35. The Kier molecular flexibility index (Phi) is 3.17. The second-order valence-corrected chi connectivity index (χ2v) is 6.31. The molecule has 0 aliphatic heterocycles. The van der Waals surface area contributed by atoms with Crippen LogP contribution in [0.3, 0.4) is 0 Å². The van der Waals surface area contributed by atoms with Gasteiger partial charge in [0.15, 0.2) is 0 Å². The van der Waals surface area contributed by atoms with Crippen molar-refractivity contribution < 1.29 is 4.42 Å². The fourth-order valence-corrected chi connectivity index (χ4v) is 2.49. The Hall–Kier alpha value is -2.35. The van der Waals surface area contributed by atoms with E-state index in [0.29, 0.717) is 5.58 Å². The van der Waals surface area contributed by atoms with Crippen LogP contribution >= 0.6 is 0 Å². The van der Waals surface area contributed by atoms with Crippen molar-refractivity contribution in [1.29, 1.82) is 0 Å². The monoisotopic (exact) mass is 278 g/mol. The van der Waals surface area contributed by atoms with Crippen molar-refractivity contribution in [2.24, 2.45) is 0 Å². The quantitative estimate of drug-likeness (QED) is 0.601. The highest BCUT2D eigenvalue weighted by molar-refractivity contribution is 5.93. The maximum atomic E-state index is 11.8. The Bertz CT molecular complexity index is 837. The molecule has 1 aromatic heterocycles. The van der Waals surface area contributed by atoms with E-state index in [1.807, 2.05) is 42.5 Å². The molecule has 0 saturated carbocycles. The van der Waals surface area contributed by atoms with E-state index >= 15 is 0 Å². The van der Waals surface area contributed by atoms with E-state index in [1.165, 1.54) is 5.56 Å². The summed E-state index contributed by atoms with van der Waals surface area (Å²) in [5.41, 5.74) is 3.55. The molecule has 0 aliphatic carbocycles. The Labute approximate surface area is 124 Å². The molecule has 0 N–H and O–H groups in total. The van der Waals surface area contributed by atoms with Crippen LogP contribution < -0.4 is 5.63 Å². The molecule has 0 spiro atoms. The molecule has 2 heteroatoms. The van der Waals surface area contributed by atoms with Gasteiger partial charge in [0.1, 0.15) is 5.58 Å². The highest BCUT2D eigenvalue weighted by atomic mass is 16.4. The highest BCUT2D eigenvalue weighted by Crippen LogP contribution is 2.31. The molecule has 106 valence electrons. The minimum absolute atomic E-state index is 0.0539. The maximum Gasteiger partial charge on any atom is 0.336 e. The van der Waals surface area contributed by atoms with Gasteiger partial charge in [-0.25, -0.2) is 4.79 Å². The third kappa shape index (κ3) is 2.62. The molecule has 3 aromatic rings. The number of rotatable bonds is 1. The largest absolute Gasteiger partial charge is 0.423 e. The molecule has 0 saturated heterocycles. The molecule has 0 bridgehead atoms. The summed E-state index contributed by atoms with van der Waals surface area (Å²) in [5, 5.41) is 0.980. The predicted molar refractivity (Wildman–Crippen MR) is 86.6 cm³/mol. The summed E-state index contributed by atoms with van der Waals surface area (Å²) in [6, 6.07) is 17.6. The molecule has 3 rings (SSSR count). The van der Waals surface area contributed by atoms with E-state index < -0.39 is 0 Å². The predicted octanol–water partition coefficient (Wildman–Crippen LogP) is 4.76. The first-order chi connectivity index (χ1) is 9.95. The number of hydrogen-bond acceptors (Lipinski definition) is 2. The van der Waals surface area contributed by atoms with Gasteiger partial charge in [-0.3, -0.25) is 0 Å². The van der Waals surface area contributed by atoms with Gasteiger partial charge in [-0.2, -0.15) is 0 Å². The van der Waals surface area contributed by atoms with Crippen molar-refractivity contribution in [3.8, 4) is 11.1 Å². The zero-order valence-corrected chi connectivity index (χ0v) is 12.5. The van der Waals surface area contributed by atoms with Crippen molar-refractivity contribution in [1.82, 2.24) is 0 Å². The minimum Gasteiger partial charge on any atom is -0.423 e. The third-order valence-electron chi connectivity index (χ3n) is 3.69. The second kappa shape index (κ2) is 4.88. The lowest BCUT2D eigenvalue weighted by Gasteiger charge is -2.19. The summed E-state index contributed by atoms with van der Waals surface area (Å²) in [4.78, 5) is 11.8. The van der Waals surface area contributed by atoms with Gasteiger partial charge in [0, 0.05) is 11.5 Å². The third-order valence-corrected chi connectivity index (χ3v) is 3.69. The first-order valence-corrected chi connectivity index (χ1v) is 7.09. The zero-order valence-electron chi connectivity index (χ0n) is 12.5. The van der Waals surface area contributed by atoms with E-state index in [-0.39, 0.29) is 11.0 Å². The second-order valence-electron chi connectivity index (χ2n) is 6.31. The van der Waals surface area contributed by atoms with Gasteiger partial charge >= 0.3 is 5.63 Å². The van der Waals surface area contributed by atoms with Crippen LogP contribution in [-0.2, 0) is 5.41 Å². The number of fused-ring (bicyclic) bond motifs is 1. The minimum atomic E-state index is -0.315. The summed E-state index contributed by atoms with van der Waals surface area (Å²) in [6.45, 7) is 6.53. The average Bonchev–Trinajstić information content (AvgIpc) is 2.46. The molecule has 0 aliphatic rings. The van der Waals surface area contributed by atoms with Gasteiger partial charge in [0.05, 0.1) is 0 Å². The lowest BCUT2D eigenvalue weighted by molar-refractivity contribution is 0.559. The maximum absolute atomic E-state index is 11.8. The number of hydrogen-bond donors (Lipinski definition) is 0. The van der Waals surface area contributed by atoms with Crippen LogP contribution in [0.25, 0.3) is 22.1 Å². The first-order valence-electron chi connectivity index (χ1n) is 7.09. The highest BCUT2D eigenvalue weighted by Gasteiger charge is 2.16. The summed E-state index contributed by atoms with van der Waals surface area (Å²) in [7, 11) is 0. The Morgan fingerprint density at radius 1 is 0.905 bits per heavy atom. The molecule has 2 nitrogen and oxygen atoms in total. The van der Waals surface area contributed by atoms with Gasteiger partial charge in [-0.15, -0.1) is 0 Å². The van der Waals surface area contributed by atoms with Gasteiger partial charge in [-0.05, 0) is 34.2 Å². The van der Waals surface area contributed by atoms with Crippen molar-refractivity contribution in [2.75, 3.05) is 0 Å². The van der Waals surface area contributed by atoms with Crippen LogP contribution in [0.15, 0.2) is 63.8 Å². The zero-order chi connectivity index (χ0) is 15.0. The lowest BCUT2D eigenvalue weighted by atomic mass is 9.85. The standard InChI is InChI=1S/C19H18O2/c1-19(2,3)14-9-10-17-16(11-14)15(12-18(20)21-17)13-7-5-4-6-8-13/h4-12H,1-3H3. The summed E-state index contributed by atoms with van der Waals surface area (Å²) in [5.74, 6) is 0. The molecule has 0 atom stereocenters. The van der Waals surface area contributed by atoms with Crippen molar-refractivity contribution >= 4 is 11.0 Å². The molecule has 2 aromatic carbocycles. The molecule has 0 amide bonds. The molecular formula is C19H18O2. The molecule has 0 unspecified atom stereocenters. The van der Waals surface area contributed by atoms with E-state index in [4.69, 9.17) is 4.42 Å². The van der Waals surface area contributed by atoms with E-state index in [2.05, 4.69) is 26.8 Å². The van der Waals surface area contributed by atoms with Gasteiger partial charge in [0.25, 0.3) is 0 Å². The smallest absolute Gasteiger partial charge is 0.336 e. The van der Waals surface area contributed by atoms with Gasteiger partial charge in [0.2, 0.25) is 0 Å². The average molecular weight is 278 g/mol. The summed E-state index contributed by atoms with van der Waals surface area (Å²) >= 11 is 0. The fourth-order valence-electron chi connectivity index (χ4n) is 2.49. The SMILES string of the molecule is CC(C)(C)c1ccc2oc(=O)cc(-c3ccccc3)c2c1. The molecule has 21 heavy (non-hydrogen) atoms. The van der Waals surface area contributed by atoms with Crippen molar-refractivity contribution in [3.05, 3.63) is 70.6 Å².